The van der Waals surface area contributed by atoms with Gasteiger partial charge in [-0.3, -0.25) is 9.59 Å². The van der Waals surface area contributed by atoms with Crippen molar-refractivity contribution in [2.24, 2.45) is 0 Å². The second-order valence-corrected chi connectivity index (χ2v) is 5.43. The molecule has 0 amide bonds. The van der Waals surface area contributed by atoms with E-state index < -0.39 is 21.3 Å². The summed E-state index contributed by atoms with van der Waals surface area (Å²) in [7, 11) is 0. The number of allylic oxidation sites excluding steroid dienone is 2. The lowest BCUT2D eigenvalue weighted by Gasteiger charge is -2.43. The second kappa shape index (κ2) is 2.88. The predicted octanol–water partition coefficient (Wildman–Crippen LogP) is 2.58. The minimum atomic E-state index is -1.47. The highest BCUT2D eigenvalue weighted by atomic mass is 35.5. The maximum Gasteiger partial charge on any atom is 0.226 e. The van der Waals surface area contributed by atoms with Crippen LogP contribution in [0.15, 0.2) is 10.1 Å². The van der Waals surface area contributed by atoms with Gasteiger partial charge in [-0.05, 0) is 12.8 Å². The zero-order chi connectivity index (χ0) is 10.7. The molecule has 0 unspecified atom stereocenters. The van der Waals surface area contributed by atoms with Crippen molar-refractivity contribution in [3.8, 4) is 0 Å². The number of hydrogen-bond donors (Lipinski definition) is 0. The van der Waals surface area contributed by atoms with Gasteiger partial charge in [0, 0.05) is 0 Å². The first-order valence-electron chi connectivity index (χ1n) is 3.87. The predicted molar refractivity (Wildman–Crippen MR) is 55.1 cm³/mol. The quantitative estimate of drug-likeness (QED) is 0.502. The Labute approximate surface area is 100 Å². The van der Waals surface area contributed by atoms with E-state index in [1.54, 1.807) is 0 Å². The molecule has 0 saturated heterocycles. The highest BCUT2D eigenvalue weighted by molar-refractivity contribution is 6.69. The lowest BCUT2D eigenvalue weighted by molar-refractivity contribution is -0.141. The third kappa shape index (κ3) is 1.00. The molecule has 0 heterocycles. The molecule has 2 atom stereocenters. The molecule has 0 aromatic heterocycles. The lowest BCUT2D eigenvalue weighted by Crippen LogP contribution is -2.58. The number of Topliss-reactive ketones (excluding diaryl/α,β-unsaturated/α-hetero) is 2. The van der Waals surface area contributed by atoms with Crippen LogP contribution in [0.5, 0.6) is 0 Å². The van der Waals surface area contributed by atoms with Crippen molar-refractivity contribution in [2.45, 2.75) is 22.6 Å². The van der Waals surface area contributed by atoms with Crippen molar-refractivity contribution in [3.63, 3.8) is 0 Å². The van der Waals surface area contributed by atoms with E-state index in [9.17, 15) is 9.59 Å². The summed E-state index contributed by atoms with van der Waals surface area (Å²) in [4.78, 5) is 20.1. The first-order valence-corrected chi connectivity index (χ1v) is 5.38. The molecular formula is C8H4Cl4O2. The van der Waals surface area contributed by atoms with E-state index in [1.165, 1.54) is 0 Å². The highest BCUT2D eigenvalue weighted by Crippen LogP contribution is 2.55. The van der Waals surface area contributed by atoms with Crippen LogP contribution in [0.25, 0.3) is 0 Å². The zero-order valence-corrected chi connectivity index (χ0v) is 9.77. The maximum absolute atomic E-state index is 11.5. The van der Waals surface area contributed by atoms with Gasteiger partial charge in [0.25, 0.3) is 0 Å². The maximum atomic E-state index is 11.5. The molecule has 3 rings (SSSR count). The van der Waals surface area contributed by atoms with Crippen LogP contribution in [0.1, 0.15) is 12.8 Å². The van der Waals surface area contributed by atoms with E-state index in [1.807, 2.05) is 0 Å². The summed E-state index contributed by atoms with van der Waals surface area (Å²) in [6, 6.07) is 0. The van der Waals surface area contributed by atoms with Gasteiger partial charge in [-0.15, -0.1) is 23.2 Å². The van der Waals surface area contributed by atoms with Crippen LogP contribution in [-0.4, -0.2) is 21.3 Å². The first kappa shape index (κ1) is 10.7. The van der Waals surface area contributed by atoms with E-state index in [4.69, 9.17) is 46.4 Å². The summed E-state index contributed by atoms with van der Waals surface area (Å²) < 4.78 is 0. The molecule has 3 aliphatic carbocycles. The molecule has 0 radical (unpaired) electrons. The number of halogens is 4. The summed E-state index contributed by atoms with van der Waals surface area (Å²) in [5.74, 6) is -1.51. The van der Waals surface area contributed by atoms with E-state index in [-0.39, 0.29) is 22.9 Å². The van der Waals surface area contributed by atoms with Gasteiger partial charge in [0.15, 0.2) is 0 Å². The van der Waals surface area contributed by atoms with Crippen LogP contribution >= 0.6 is 46.4 Å². The van der Waals surface area contributed by atoms with Crippen molar-refractivity contribution in [1.29, 1.82) is 0 Å². The van der Waals surface area contributed by atoms with Crippen LogP contribution in [0, 0.1) is 0 Å². The van der Waals surface area contributed by atoms with Crippen molar-refractivity contribution in [1.82, 2.24) is 0 Å². The molecule has 3 aliphatic rings. The largest absolute Gasteiger partial charge is 0.288 e. The van der Waals surface area contributed by atoms with E-state index in [0.29, 0.717) is 0 Å². The Morgan fingerprint density at radius 2 is 1.14 bits per heavy atom. The Morgan fingerprint density at radius 1 is 0.857 bits per heavy atom. The number of rotatable bonds is 0. The lowest BCUT2D eigenvalue weighted by atomic mass is 9.72. The summed E-state index contributed by atoms with van der Waals surface area (Å²) in [5, 5.41) is -0.0154. The van der Waals surface area contributed by atoms with Gasteiger partial charge in [-0.25, -0.2) is 0 Å². The van der Waals surface area contributed by atoms with Gasteiger partial charge >= 0.3 is 0 Å². The smallest absolute Gasteiger partial charge is 0.226 e. The molecule has 76 valence electrons. The number of fused-ring (bicyclic) bond motifs is 2. The summed E-state index contributed by atoms with van der Waals surface area (Å²) >= 11 is 23.5. The fraction of sp³-hybridized carbons (Fsp3) is 0.500. The Hall–Kier alpha value is 0.240. The molecule has 0 N–H and O–H groups in total. The van der Waals surface area contributed by atoms with Gasteiger partial charge in [0.2, 0.25) is 11.6 Å². The molecule has 2 nitrogen and oxygen atoms in total. The highest BCUT2D eigenvalue weighted by Gasteiger charge is 2.63. The normalized spacial score (nSPS) is 42.3. The fourth-order valence-corrected chi connectivity index (χ4v) is 3.03. The van der Waals surface area contributed by atoms with Crippen LogP contribution in [0.3, 0.4) is 0 Å². The summed E-state index contributed by atoms with van der Waals surface area (Å²) in [5.41, 5.74) is 0. The molecule has 1 saturated carbocycles. The number of alkyl halides is 2. The minimum absolute atomic E-state index is 0.00770. The third-order valence-electron chi connectivity index (χ3n) is 2.63. The number of ketones is 2. The Balaban J connectivity index is 2.73. The molecule has 0 spiro atoms. The average Bonchev–Trinajstić information content (AvgIpc) is 2.16. The molecule has 0 aromatic rings. The van der Waals surface area contributed by atoms with Crippen molar-refractivity contribution < 1.29 is 9.59 Å². The summed E-state index contributed by atoms with van der Waals surface area (Å²) in [6.07, 6.45) is 0.495. The topological polar surface area (TPSA) is 34.1 Å². The fourth-order valence-electron chi connectivity index (χ4n) is 1.70. The molecule has 0 aromatic carbocycles. The Morgan fingerprint density at radius 3 is 1.43 bits per heavy atom. The van der Waals surface area contributed by atoms with Gasteiger partial charge in [0.05, 0.1) is 10.1 Å². The van der Waals surface area contributed by atoms with Crippen molar-refractivity contribution in [2.75, 3.05) is 0 Å². The minimum Gasteiger partial charge on any atom is -0.288 e. The summed E-state index contributed by atoms with van der Waals surface area (Å²) in [6.45, 7) is 0. The number of hydrogen-bond acceptors (Lipinski definition) is 2. The molecule has 14 heavy (non-hydrogen) atoms. The van der Waals surface area contributed by atoms with Crippen LogP contribution in [0.2, 0.25) is 0 Å². The van der Waals surface area contributed by atoms with E-state index in [2.05, 4.69) is 0 Å². The van der Waals surface area contributed by atoms with Crippen LogP contribution in [0.4, 0.5) is 0 Å². The first-order chi connectivity index (χ1) is 6.34. The van der Waals surface area contributed by atoms with Gasteiger partial charge < -0.3 is 0 Å². The van der Waals surface area contributed by atoms with E-state index >= 15 is 0 Å². The molecular weight excluding hydrogens is 270 g/mol. The molecule has 2 bridgehead atoms. The molecule has 6 heteroatoms. The third-order valence-corrected chi connectivity index (χ3v) is 5.04. The van der Waals surface area contributed by atoms with Crippen molar-refractivity contribution in [3.05, 3.63) is 10.1 Å². The van der Waals surface area contributed by atoms with Gasteiger partial charge in [-0.2, -0.15) is 0 Å². The standard InChI is InChI=1S/C8H4Cl4O2/c9-3-4(10)8(12)2-1-7(3,11)5(13)6(8)14/h1-2H2/t7-,8+. The van der Waals surface area contributed by atoms with Crippen molar-refractivity contribution >= 4 is 58.0 Å². The van der Waals surface area contributed by atoms with Crippen LogP contribution < -0.4 is 0 Å². The average molecular weight is 274 g/mol. The van der Waals surface area contributed by atoms with Gasteiger partial charge in [-0.1, -0.05) is 23.2 Å². The van der Waals surface area contributed by atoms with Crippen LogP contribution in [-0.2, 0) is 9.59 Å². The monoisotopic (exact) mass is 272 g/mol. The Kier molecular flexibility index (Phi) is 2.21. The Bertz CT molecular complexity index is 353. The zero-order valence-electron chi connectivity index (χ0n) is 6.74. The molecule has 0 aliphatic heterocycles. The SMILES string of the molecule is O=C1C(=O)[C@@]2(Cl)CC[C@]1(Cl)C(Cl)=C2Cl. The van der Waals surface area contributed by atoms with Gasteiger partial charge in [0.1, 0.15) is 9.75 Å². The number of carbonyl (C=O) groups excluding carboxylic acids is 2. The second-order valence-electron chi connectivity index (χ2n) is 3.39. The van der Waals surface area contributed by atoms with E-state index in [0.717, 1.165) is 0 Å². The number of carbonyl (C=O) groups is 2. The molecule has 1 fully saturated rings.